The smallest absolute Gasteiger partial charge is 0.340 e. The maximum Gasteiger partial charge on any atom is 0.340 e. The van der Waals surface area contributed by atoms with Crippen LogP contribution in [0, 0.1) is 3.70 Å². The van der Waals surface area contributed by atoms with Gasteiger partial charge in [0.1, 0.15) is 9.26 Å². The van der Waals surface area contributed by atoms with Crippen LogP contribution < -0.4 is 0 Å². The third-order valence-electron chi connectivity index (χ3n) is 2.93. The molecule has 1 aromatic rings. The Labute approximate surface area is 112 Å². The fraction of sp³-hybridized carbons (Fsp3) is 0.556. The van der Waals surface area contributed by atoms with Gasteiger partial charge in [-0.2, -0.15) is 5.10 Å². The number of halogens is 1. The van der Waals surface area contributed by atoms with Gasteiger partial charge in [0.25, 0.3) is 0 Å². The van der Waals surface area contributed by atoms with Gasteiger partial charge in [0.2, 0.25) is 0 Å². The molecule has 17 heavy (non-hydrogen) atoms. The van der Waals surface area contributed by atoms with E-state index < -0.39 is 21.3 Å². The fourth-order valence-corrected chi connectivity index (χ4v) is 5.20. The highest BCUT2D eigenvalue weighted by Crippen LogP contribution is 2.32. The predicted molar refractivity (Wildman–Crippen MR) is 68.8 cm³/mol. The van der Waals surface area contributed by atoms with E-state index in [-0.39, 0.29) is 17.1 Å². The van der Waals surface area contributed by atoms with Gasteiger partial charge in [-0.05, 0) is 35.9 Å². The van der Waals surface area contributed by atoms with Crippen LogP contribution in [-0.4, -0.2) is 40.8 Å². The molecule has 1 saturated heterocycles. The second-order valence-electron chi connectivity index (χ2n) is 4.40. The first-order valence-electron chi connectivity index (χ1n) is 4.93. The highest BCUT2D eigenvalue weighted by molar-refractivity contribution is 14.1. The lowest BCUT2D eigenvalue weighted by Gasteiger charge is -2.23. The molecule has 1 aromatic heterocycles. The SMILES string of the molecule is CC1(n2ncc(C(=O)O)c2I)CCS(=O)(=O)C1. The molecule has 1 aliphatic heterocycles. The highest BCUT2D eigenvalue weighted by atomic mass is 127. The van der Waals surface area contributed by atoms with Crippen molar-refractivity contribution in [3.63, 3.8) is 0 Å². The molecular weight excluding hydrogens is 359 g/mol. The number of aromatic nitrogens is 2. The van der Waals surface area contributed by atoms with Gasteiger partial charge in [0.15, 0.2) is 9.84 Å². The summed E-state index contributed by atoms with van der Waals surface area (Å²) < 4.78 is 25.0. The van der Waals surface area contributed by atoms with Crippen LogP contribution in [-0.2, 0) is 15.4 Å². The van der Waals surface area contributed by atoms with Crippen molar-refractivity contribution in [2.24, 2.45) is 0 Å². The Kier molecular flexibility index (Phi) is 2.97. The Morgan fingerprint density at radius 1 is 1.65 bits per heavy atom. The number of hydrogen-bond donors (Lipinski definition) is 1. The molecule has 1 unspecified atom stereocenters. The molecule has 94 valence electrons. The minimum absolute atomic E-state index is 0.0107. The zero-order valence-corrected chi connectivity index (χ0v) is 12.0. The van der Waals surface area contributed by atoms with Crippen molar-refractivity contribution in [3.05, 3.63) is 15.5 Å². The molecule has 0 aromatic carbocycles. The largest absolute Gasteiger partial charge is 0.478 e. The highest BCUT2D eigenvalue weighted by Gasteiger charge is 2.42. The Morgan fingerprint density at radius 3 is 2.71 bits per heavy atom. The number of carboxylic acids is 1. The second-order valence-corrected chi connectivity index (χ2v) is 7.61. The van der Waals surface area contributed by atoms with Gasteiger partial charge >= 0.3 is 5.97 Å². The lowest BCUT2D eigenvalue weighted by molar-refractivity contribution is 0.0695. The Morgan fingerprint density at radius 2 is 2.29 bits per heavy atom. The van der Waals surface area contributed by atoms with Crippen LogP contribution in [0.5, 0.6) is 0 Å². The Hall–Kier alpha value is -0.640. The monoisotopic (exact) mass is 370 g/mol. The van der Waals surface area contributed by atoms with Crippen molar-refractivity contribution in [2.75, 3.05) is 11.5 Å². The second kappa shape index (κ2) is 3.94. The quantitative estimate of drug-likeness (QED) is 0.775. The van der Waals surface area contributed by atoms with E-state index in [0.29, 0.717) is 10.1 Å². The molecule has 6 nitrogen and oxygen atoms in total. The number of rotatable bonds is 2. The van der Waals surface area contributed by atoms with Crippen LogP contribution >= 0.6 is 22.6 Å². The van der Waals surface area contributed by atoms with Crippen LogP contribution in [0.4, 0.5) is 0 Å². The summed E-state index contributed by atoms with van der Waals surface area (Å²) in [6.45, 7) is 1.79. The summed E-state index contributed by atoms with van der Waals surface area (Å²) >= 11 is 1.89. The molecular formula is C9H11IN2O4S. The summed E-state index contributed by atoms with van der Waals surface area (Å²) in [6.07, 6.45) is 1.73. The fourth-order valence-electron chi connectivity index (χ4n) is 2.01. The van der Waals surface area contributed by atoms with Crippen molar-refractivity contribution in [1.29, 1.82) is 0 Å². The number of hydrogen-bond acceptors (Lipinski definition) is 4. The van der Waals surface area contributed by atoms with Gasteiger partial charge in [-0.25, -0.2) is 13.2 Å². The van der Waals surface area contributed by atoms with Gasteiger partial charge in [-0.3, -0.25) is 4.68 Å². The standard InChI is InChI=1S/C9H11IN2O4S/c1-9(2-3-17(15,16)5-9)12-7(10)6(4-11-12)8(13)14/h4H,2-3,5H2,1H3,(H,13,14). The molecule has 1 fully saturated rings. The molecule has 1 aliphatic rings. The molecule has 1 atom stereocenters. The van der Waals surface area contributed by atoms with E-state index in [1.165, 1.54) is 10.9 Å². The maximum absolute atomic E-state index is 11.5. The van der Waals surface area contributed by atoms with Gasteiger partial charge in [-0.15, -0.1) is 0 Å². The predicted octanol–water partition coefficient (Wildman–Crippen LogP) is 0.720. The molecule has 0 bridgehead atoms. The van der Waals surface area contributed by atoms with Gasteiger partial charge in [0.05, 0.1) is 23.2 Å². The third-order valence-corrected chi connectivity index (χ3v) is 5.86. The average Bonchev–Trinajstić information content (AvgIpc) is 2.68. The lowest BCUT2D eigenvalue weighted by Crippen LogP contribution is -2.33. The van der Waals surface area contributed by atoms with E-state index in [4.69, 9.17) is 5.11 Å². The topological polar surface area (TPSA) is 89.3 Å². The molecule has 2 heterocycles. The normalized spacial score (nSPS) is 27.2. The zero-order chi connectivity index (χ0) is 12.8. The molecule has 0 spiro atoms. The van der Waals surface area contributed by atoms with Crippen LogP contribution in [0.1, 0.15) is 23.7 Å². The van der Waals surface area contributed by atoms with Crippen molar-refractivity contribution in [2.45, 2.75) is 18.9 Å². The zero-order valence-electron chi connectivity index (χ0n) is 9.05. The number of carboxylic acid groups (broad SMARTS) is 1. The minimum Gasteiger partial charge on any atom is -0.478 e. The van der Waals surface area contributed by atoms with Crippen molar-refractivity contribution in [1.82, 2.24) is 9.78 Å². The minimum atomic E-state index is -3.04. The molecule has 2 rings (SSSR count). The van der Waals surface area contributed by atoms with E-state index in [2.05, 4.69) is 5.10 Å². The third kappa shape index (κ3) is 2.19. The van der Waals surface area contributed by atoms with E-state index in [1.54, 1.807) is 6.92 Å². The molecule has 8 heteroatoms. The van der Waals surface area contributed by atoms with Crippen molar-refractivity contribution < 1.29 is 18.3 Å². The van der Waals surface area contributed by atoms with Crippen LogP contribution in [0.15, 0.2) is 6.20 Å². The molecule has 1 N–H and O–H groups in total. The molecule has 0 saturated carbocycles. The summed E-state index contributed by atoms with van der Waals surface area (Å²) in [5.41, 5.74) is -0.528. The number of aromatic carboxylic acids is 1. The maximum atomic E-state index is 11.5. The molecule has 0 radical (unpaired) electrons. The van der Waals surface area contributed by atoms with E-state index >= 15 is 0 Å². The molecule has 0 amide bonds. The van der Waals surface area contributed by atoms with E-state index in [9.17, 15) is 13.2 Å². The number of carbonyl (C=O) groups is 1. The summed E-state index contributed by atoms with van der Waals surface area (Å²) in [5.74, 6) is -0.913. The summed E-state index contributed by atoms with van der Waals surface area (Å²) in [6, 6.07) is 0. The average molecular weight is 370 g/mol. The van der Waals surface area contributed by atoms with E-state index in [1.807, 2.05) is 22.6 Å². The van der Waals surface area contributed by atoms with Crippen LogP contribution in [0.3, 0.4) is 0 Å². The summed E-state index contributed by atoms with van der Waals surface area (Å²) in [7, 11) is -3.04. The first kappa shape index (κ1) is 12.8. The summed E-state index contributed by atoms with van der Waals surface area (Å²) in [5, 5.41) is 13.0. The Bertz CT molecular complexity index is 580. The summed E-state index contributed by atoms with van der Waals surface area (Å²) in [4.78, 5) is 10.9. The van der Waals surface area contributed by atoms with Gasteiger partial charge in [-0.1, -0.05) is 0 Å². The van der Waals surface area contributed by atoms with E-state index in [0.717, 1.165) is 0 Å². The van der Waals surface area contributed by atoms with Crippen molar-refractivity contribution >= 4 is 38.4 Å². The number of nitrogens with zero attached hydrogens (tertiary/aromatic N) is 2. The number of sulfone groups is 1. The lowest BCUT2D eigenvalue weighted by atomic mass is 10.0. The van der Waals surface area contributed by atoms with Gasteiger partial charge < -0.3 is 5.11 Å². The van der Waals surface area contributed by atoms with Gasteiger partial charge in [0, 0.05) is 0 Å². The van der Waals surface area contributed by atoms with Crippen molar-refractivity contribution in [3.8, 4) is 0 Å². The first-order valence-corrected chi connectivity index (χ1v) is 7.83. The molecule has 0 aliphatic carbocycles. The Balaban J connectivity index is 2.45. The van der Waals surface area contributed by atoms with Crippen LogP contribution in [0.25, 0.3) is 0 Å². The first-order chi connectivity index (χ1) is 7.75. The van der Waals surface area contributed by atoms with Crippen LogP contribution in [0.2, 0.25) is 0 Å².